The summed E-state index contributed by atoms with van der Waals surface area (Å²) in [5.74, 6) is -1.29. The highest BCUT2D eigenvalue weighted by Gasteiger charge is 2.23. The van der Waals surface area contributed by atoms with Crippen LogP contribution >= 0.6 is 35.4 Å². The van der Waals surface area contributed by atoms with Crippen LogP contribution in [0.2, 0.25) is 10.0 Å². The Bertz CT molecular complexity index is 910. The largest absolute Gasteiger partial charge is 0.375 e. The van der Waals surface area contributed by atoms with Crippen molar-refractivity contribution in [3.8, 4) is 0 Å². The molecule has 3 rings (SSSR count). The molecular formula is C19H19Cl2F2N5S. The highest BCUT2D eigenvalue weighted by molar-refractivity contribution is 7.80. The molecule has 0 amide bonds. The van der Waals surface area contributed by atoms with Gasteiger partial charge in [-0.25, -0.2) is 8.78 Å². The van der Waals surface area contributed by atoms with E-state index >= 15 is 0 Å². The van der Waals surface area contributed by atoms with Crippen LogP contribution in [0, 0.1) is 11.6 Å². The number of piperazine rings is 1. The van der Waals surface area contributed by atoms with E-state index < -0.39 is 11.6 Å². The summed E-state index contributed by atoms with van der Waals surface area (Å²) in [6.07, 6.45) is 1.25. The van der Waals surface area contributed by atoms with Gasteiger partial charge in [0.25, 0.3) is 0 Å². The van der Waals surface area contributed by atoms with Crippen molar-refractivity contribution in [2.45, 2.75) is 6.54 Å². The molecule has 5 nitrogen and oxygen atoms in total. The Morgan fingerprint density at radius 2 is 1.79 bits per heavy atom. The Labute approximate surface area is 183 Å². The molecule has 1 fully saturated rings. The van der Waals surface area contributed by atoms with E-state index in [1.807, 2.05) is 6.07 Å². The lowest BCUT2D eigenvalue weighted by molar-refractivity contribution is 0.248. The molecule has 2 aromatic carbocycles. The summed E-state index contributed by atoms with van der Waals surface area (Å²) in [6.45, 7) is 2.95. The van der Waals surface area contributed by atoms with E-state index in [0.29, 0.717) is 42.8 Å². The number of hydrogen-bond acceptors (Lipinski definition) is 4. The number of halogens is 4. The third-order valence-electron chi connectivity index (χ3n) is 4.53. The molecule has 154 valence electrons. The zero-order chi connectivity index (χ0) is 21.0. The fraction of sp³-hybridized carbons (Fsp3) is 0.263. The number of thiocarbonyl (C=S) groups is 1. The molecule has 1 aliphatic heterocycles. The summed E-state index contributed by atoms with van der Waals surface area (Å²) < 4.78 is 29.1. The van der Waals surface area contributed by atoms with Crippen LogP contribution in [0.3, 0.4) is 0 Å². The molecule has 29 heavy (non-hydrogen) atoms. The van der Waals surface area contributed by atoms with Crippen molar-refractivity contribution in [3.05, 3.63) is 63.1 Å². The van der Waals surface area contributed by atoms with Gasteiger partial charge in [-0.1, -0.05) is 29.3 Å². The van der Waals surface area contributed by atoms with Crippen LogP contribution in [0.5, 0.6) is 0 Å². The maximum Gasteiger partial charge on any atom is 0.184 e. The van der Waals surface area contributed by atoms with Gasteiger partial charge in [-0.15, -0.1) is 0 Å². The van der Waals surface area contributed by atoms with Crippen molar-refractivity contribution < 1.29 is 8.78 Å². The first-order valence-electron chi connectivity index (χ1n) is 8.82. The van der Waals surface area contributed by atoms with Crippen molar-refractivity contribution in [2.24, 2.45) is 10.8 Å². The minimum atomic E-state index is -0.643. The normalized spacial score (nSPS) is 15.1. The van der Waals surface area contributed by atoms with Crippen LogP contribution in [-0.2, 0) is 6.54 Å². The van der Waals surface area contributed by atoms with Crippen molar-refractivity contribution in [2.75, 3.05) is 31.1 Å². The van der Waals surface area contributed by atoms with Gasteiger partial charge in [0.05, 0.1) is 6.21 Å². The first kappa shape index (κ1) is 21.7. The first-order chi connectivity index (χ1) is 13.8. The summed E-state index contributed by atoms with van der Waals surface area (Å²) >= 11 is 16.8. The second kappa shape index (κ2) is 9.67. The molecule has 10 heteroatoms. The zero-order valence-corrected chi connectivity index (χ0v) is 17.7. The Morgan fingerprint density at radius 3 is 2.38 bits per heavy atom. The highest BCUT2D eigenvalue weighted by Crippen LogP contribution is 2.27. The monoisotopic (exact) mass is 457 g/mol. The lowest BCUT2D eigenvalue weighted by Gasteiger charge is -2.36. The van der Waals surface area contributed by atoms with Crippen molar-refractivity contribution >= 4 is 52.4 Å². The molecule has 0 saturated carbocycles. The van der Waals surface area contributed by atoms with Crippen molar-refractivity contribution in [1.82, 2.24) is 10.3 Å². The number of anilines is 1. The third kappa shape index (κ3) is 5.76. The number of hydrogen-bond donors (Lipinski definition) is 2. The van der Waals surface area contributed by atoms with Crippen LogP contribution < -0.4 is 16.1 Å². The van der Waals surface area contributed by atoms with Gasteiger partial charge < -0.3 is 10.6 Å². The van der Waals surface area contributed by atoms with Crippen LogP contribution in [0.4, 0.5) is 14.5 Å². The smallest absolute Gasteiger partial charge is 0.184 e. The Hall–Kier alpha value is -2.00. The fourth-order valence-electron chi connectivity index (χ4n) is 3.15. The van der Waals surface area contributed by atoms with Crippen LogP contribution in [0.15, 0.2) is 35.4 Å². The van der Waals surface area contributed by atoms with Gasteiger partial charge in [0, 0.05) is 48.3 Å². The summed E-state index contributed by atoms with van der Waals surface area (Å²) in [5.41, 5.74) is 8.79. The lowest BCUT2D eigenvalue weighted by atomic mass is 10.1. The fourth-order valence-corrected chi connectivity index (χ4v) is 3.67. The Kier molecular flexibility index (Phi) is 7.23. The number of nitrogens with zero attached hydrogens (tertiary/aromatic N) is 3. The topological polar surface area (TPSA) is 56.9 Å². The molecule has 1 heterocycles. The van der Waals surface area contributed by atoms with Crippen LogP contribution in [0.25, 0.3) is 0 Å². The predicted octanol–water partition coefficient (Wildman–Crippen LogP) is 3.76. The molecular weight excluding hydrogens is 439 g/mol. The molecule has 0 aliphatic carbocycles. The predicted molar refractivity (Wildman–Crippen MR) is 118 cm³/mol. The van der Waals surface area contributed by atoms with E-state index in [0.717, 1.165) is 5.56 Å². The van der Waals surface area contributed by atoms with Gasteiger partial charge in [0.2, 0.25) is 0 Å². The standard InChI is InChI=1S/C19H19Cl2F2N5S/c20-14-2-1-13(15(21)9-14)11-27-3-5-28(6-4-27)18-16(22)7-12(8-17(18)23)10-25-26-19(24)29/h1-2,7-10H,3-6,11H2,(H3,24,26,29)/b25-10+. The molecule has 0 radical (unpaired) electrons. The summed E-state index contributed by atoms with van der Waals surface area (Å²) in [4.78, 5) is 3.89. The van der Waals surface area contributed by atoms with E-state index in [9.17, 15) is 8.78 Å². The second-order valence-electron chi connectivity index (χ2n) is 6.57. The van der Waals surface area contributed by atoms with E-state index in [-0.39, 0.29) is 16.4 Å². The number of benzene rings is 2. The lowest BCUT2D eigenvalue weighted by Crippen LogP contribution is -2.46. The molecule has 1 saturated heterocycles. The molecule has 0 unspecified atom stereocenters. The highest BCUT2D eigenvalue weighted by atomic mass is 35.5. The Balaban J connectivity index is 1.64. The number of rotatable bonds is 5. The summed E-state index contributed by atoms with van der Waals surface area (Å²) in [7, 11) is 0. The minimum Gasteiger partial charge on any atom is -0.375 e. The van der Waals surface area contributed by atoms with Gasteiger partial charge in [0.1, 0.15) is 17.3 Å². The molecule has 3 N–H and O–H groups in total. The van der Waals surface area contributed by atoms with E-state index in [1.165, 1.54) is 18.3 Å². The van der Waals surface area contributed by atoms with Crippen molar-refractivity contribution in [3.63, 3.8) is 0 Å². The van der Waals surface area contributed by atoms with Gasteiger partial charge >= 0.3 is 0 Å². The molecule has 0 aromatic heterocycles. The average Bonchev–Trinajstić information content (AvgIpc) is 2.64. The average molecular weight is 458 g/mol. The maximum atomic E-state index is 14.6. The molecule has 0 atom stereocenters. The van der Waals surface area contributed by atoms with E-state index in [1.54, 1.807) is 17.0 Å². The second-order valence-corrected chi connectivity index (χ2v) is 7.85. The zero-order valence-electron chi connectivity index (χ0n) is 15.3. The number of nitrogens with two attached hydrogens (primary N) is 1. The van der Waals surface area contributed by atoms with Crippen LogP contribution in [0.1, 0.15) is 11.1 Å². The number of nitrogens with one attached hydrogen (secondary N) is 1. The molecule has 0 spiro atoms. The SMILES string of the molecule is NC(=S)N/N=C/c1cc(F)c(N2CCN(Cc3ccc(Cl)cc3Cl)CC2)c(F)c1. The van der Waals surface area contributed by atoms with Gasteiger partial charge in [0.15, 0.2) is 5.11 Å². The first-order valence-corrected chi connectivity index (χ1v) is 9.98. The third-order valence-corrected chi connectivity index (χ3v) is 5.20. The molecule has 2 aromatic rings. The Morgan fingerprint density at radius 1 is 1.14 bits per heavy atom. The minimum absolute atomic E-state index is 0.0310. The van der Waals surface area contributed by atoms with Crippen LogP contribution in [-0.4, -0.2) is 42.4 Å². The maximum absolute atomic E-state index is 14.6. The van der Waals surface area contributed by atoms with E-state index in [4.69, 9.17) is 28.9 Å². The van der Waals surface area contributed by atoms with Gasteiger partial charge in [-0.3, -0.25) is 10.3 Å². The summed E-state index contributed by atoms with van der Waals surface area (Å²) in [5, 5.41) is 4.88. The van der Waals surface area contributed by atoms with Gasteiger partial charge in [-0.05, 0) is 42.0 Å². The quantitative estimate of drug-likeness (QED) is 0.406. The number of hydrazone groups is 1. The summed E-state index contributed by atoms with van der Waals surface area (Å²) in [6, 6.07) is 7.85. The van der Waals surface area contributed by atoms with Gasteiger partial charge in [-0.2, -0.15) is 5.10 Å². The van der Waals surface area contributed by atoms with E-state index in [2.05, 4.69) is 27.6 Å². The van der Waals surface area contributed by atoms with Crippen molar-refractivity contribution in [1.29, 1.82) is 0 Å². The molecule has 1 aliphatic rings. The molecule has 0 bridgehead atoms.